The van der Waals surface area contributed by atoms with Gasteiger partial charge in [-0.1, -0.05) is 30.3 Å². The third-order valence-electron chi connectivity index (χ3n) is 3.88. The van der Waals surface area contributed by atoms with Crippen molar-refractivity contribution in [3.8, 4) is 0 Å². The summed E-state index contributed by atoms with van der Waals surface area (Å²) in [5, 5.41) is 4.01. The summed E-state index contributed by atoms with van der Waals surface area (Å²) in [6, 6.07) is 7.35. The summed E-state index contributed by atoms with van der Waals surface area (Å²) in [5.74, 6) is 0.0487. The van der Waals surface area contributed by atoms with Crippen molar-refractivity contribution in [1.29, 1.82) is 0 Å². The van der Waals surface area contributed by atoms with Gasteiger partial charge in [-0.25, -0.2) is 4.98 Å². The lowest BCUT2D eigenvalue weighted by molar-refractivity contribution is -0.120. The number of rotatable bonds is 3. The number of para-hydroxylation sites is 1. The second kappa shape index (κ2) is 6.52. The highest BCUT2D eigenvalue weighted by Gasteiger charge is 2.24. The SMILES string of the molecule is CCn1c(SC2CCCCNC2=O)nc2ccccc2c1=O. The van der Waals surface area contributed by atoms with Crippen LogP contribution in [0.15, 0.2) is 34.2 Å². The number of aromatic nitrogens is 2. The number of hydrogen-bond acceptors (Lipinski definition) is 4. The van der Waals surface area contributed by atoms with Gasteiger partial charge in [0.15, 0.2) is 5.16 Å². The van der Waals surface area contributed by atoms with Crippen LogP contribution in [0.4, 0.5) is 0 Å². The van der Waals surface area contributed by atoms with Crippen LogP contribution in [0.5, 0.6) is 0 Å². The molecule has 1 aliphatic heterocycles. The van der Waals surface area contributed by atoms with Crippen molar-refractivity contribution >= 4 is 28.6 Å². The molecule has 5 nitrogen and oxygen atoms in total. The predicted molar refractivity (Wildman–Crippen MR) is 88.2 cm³/mol. The maximum Gasteiger partial charge on any atom is 0.262 e. The first-order valence-corrected chi connectivity index (χ1v) is 8.52. The van der Waals surface area contributed by atoms with Crippen molar-refractivity contribution in [2.45, 2.75) is 43.1 Å². The van der Waals surface area contributed by atoms with E-state index in [-0.39, 0.29) is 16.7 Å². The topological polar surface area (TPSA) is 64.0 Å². The fourth-order valence-corrected chi connectivity index (χ4v) is 3.89. The molecule has 1 aliphatic rings. The lowest BCUT2D eigenvalue weighted by atomic mass is 10.2. The van der Waals surface area contributed by atoms with Gasteiger partial charge in [-0.15, -0.1) is 0 Å². The van der Waals surface area contributed by atoms with E-state index in [4.69, 9.17) is 0 Å². The van der Waals surface area contributed by atoms with Gasteiger partial charge in [0.1, 0.15) is 0 Å². The van der Waals surface area contributed by atoms with E-state index in [1.807, 2.05) is 25.1 Å². The molecule has 0 bridgehead atoms. The maximum atomic E-state index is 12.6. The summed E-state index contributed by atoms with van der Waals surface area (Å²) in [5.41, 5.74) is 0.651. The van der Waals surface area contributed by atoms with Crippen LogP contribution in [0.25, 0.3) is 10.9 Å². The molecular weight excluding hydrogens is 298 g/mol. The third kappa shape index (κ3) is 2.88. The Hall–Kier alpha value is -1.82. The summed E-state index contributed by atoms with van der Waals surface area (Å²) >= 11 is 1.41. The van der Waals surface area contributed by atoms with Crippen LogP contribution in [0.1, 0.15) is 26.2 Å². The highest BCUT2D eigenvalue weighted by atomic mass is 32.2. The van der Waals surface area contributed by atoms with Gasteiger partial charge < -0.3 is 5.32 Å². The fourth-order valence-electron chi connectivity index (χ4n) is 2.67. The van der Waals surface area contributed by atoms with Crippen LogP contribution in [0.2, 0.25) is 0 Å². The summed E-state index contributed by atoms with van der Waals surface area (Å²) < 4.78 is 1.66. The Balaban J connectivity index is 2.02. The van der Waals surface area contributed by atoms with E-state index >= 15 is 0 Å². The Labute approximate surface area is 133 Å². The number of fused-ring (bicyclic) bond motifs is 1. The molecule has 1 unspecified atom stereocenters. The van der Waals surface area contributed by atoms with Crippen LogP contribution in [0, 0.1) is 0 Å². The summed E-state index contributed by atoms with van der Waals surface area (Å²) in [6.07, 6.45) is 2.85. The number of carbonyl (C=O) groups is 1. The van der Waals surface area contributed by atoms with Crippen molar-refractivity contribution < 1.29 is 4.79 Å². The molecule has 2 aromatic rings. The van der Waals surface area contributed by atoms with Gasteiger partial charge in [0, 0.05) is 13.1 Å². The van der Waals surface area contributed by atoms with Gasteiger partial charge in [-0.05, 0) is 31.9 Å². The Morgan fingerprint density at radius 3 is 2.95 bits per heavy atom. The van der Waals surface area contributed by atoms with Gasteiger partial charge in [0.25, 0.3) is 5.56 Å². The molecule has 1 aromatic heterocycles. The lowest BCUT2D eigenvalue weighted by Crippen LogP contribution is -2.32. The largest absolute Gasteiger partial charge is 0.355 e. The highest BCUT2D eigenvalue weighted by molar-refractivity contribution is 8.00. The zero-order chi connectivity index (χ0) is 15.5. The smallest absolute Gasteiger partial charge is 0.262 e. The van der Waals surface area contributed by atoms with Crippen molar-refractivity contribution in [2.24, 2.45) is 0 Å². The van der Waals surface area contributed by atoms with Crippen LogP contribution in [0.3, 0.4) is 0 Å². The van der Waals surface area contributed by atoms with E-state index in [0.717, 1.165) is 25.8 Å². The molecule has 1 fully saturated rings. The van der Waals surface area contributed by atoms with E-state index in [1.165, 1.54) is 11.8 Å². The molecule has 22 heavy (non-hydrogen) atoms. The Kier molecular flexibility index (Phi) is 4.47. The molecule has 0 spiro atoms. The Morgan fingerprint density at radius 1 is 1.32 bits per heavy atom. The first kappa shape index (κ1) is 15.1. The molecule has 2 heterocycles. The summed E-state index contributed by atoms with van der Waals surface area (Å²) in [7, 11) is 0. The number of hydrogen-bond donors (Lipinski definition) is 1. The number of nitrogens with zero attached hydrogens (tertiary/aromatic N) is 2. The van der Waals surface area contributed by atoms with E-state index in [1.54, 1.807) is 10.6 Å². The average molecular weight is 317 g/mol. The zero-order valence-corrected chi connectivity index (χ0v) is 13.4. The molecule has 6 heteroatoms. The normalized spacial score (nSPS) is 19.0. The summed E-state index contributed by atoms with van der Waals surface area (Å²) in [6.45, 7) is 3.21. The Bertz CT molecular complexity index is 757. The van der Waals surface area contributed by atoms with Crippen molar-refractivity contribution in [1.82, 2.24) is 14.9 Å². The molecule has 1 aromatic carbocycles. The van der Waals surface area contributed by atoms with E-state index < -0.39 is 0 Å². The van der Waals surface area contributed by atoms with Crippen LogP contribution in [-0.2, 0) is 11.3 Å². The number of carbonyl (C=O) groups excluding carboxylic acids is 1. The number of thioether (sulfide) groups is 1. The van der Waals surface area contributed by atoms with E-state index in [0.29, 0.717) is 22.6 Å². The number of benzene rings is 1. The monoisotopic (exact) mass is 317 g/mol. The lowest BCUT2D eigenvalue weighted by Gasteiger charge is -2.16. The van der Waals surface area contributed by atoms with Crippen LogP contribution in [-0.4, -0.2) is 27.3 Å². The molecular formula is C16H19N3O2S. The van der Waals surface area contributed by atoms with Crippen LogP contribution < -0.4 is 10.9 Å². The molecule has 1 N–H and O–H groups in total. The second-order valence-corrected chi connectivity index (χ2v) is 6.52. The van der Waals surface area contributed by atoms with Crippen molar-refractivity contribution in [3.63, 3.8) is 0 Å². The summed E-state index contributed by atoms with van der Waals surface area (Å²) in [4.78, 5) is 29.3. The minimum atomic E-state index is -0.173. The molecule has 0 saturated carbocycles. The van der Waals surface area contributed by atoms with Crippen molar-refractivity contribution in [3.05, 3.63) is 34.6 Å². The first-order valence-electron chi connectivity index (χ1n) is 7.64. The molecule has 0 aliphatic carbocycles. The van der Waals surface area contributed by atoms with E-state index in [9.17, 15) is 9.59 Å². The van der Waals surface area contributed by atoms with Gasteiger partial charge in [-0.3, -0.25) is 14.2 Å². The molecule has 3 rings (SSSR count). The molecule has 0 radical (unpaired) electrons. The molecule has 1 atom stereocenters. The molecule has 1 saturated heterocycles. The van der Waals surface area contributed by atoms with Gasteiger partial charge in [-0.2, -0.15) is 0 Å². The number of amides is 1. The quantitative estimate of drug-likeness (QED) is 0.881. The third-order valence-corrected chi connectivity index (χ3v) is 5.13. The average Bonchev–Trinajstić information content (AvgIpc) is 2.73. The standard InChI is InChI=1S/C16H19N3O2S/c1-2-19-15(21)11-7-3-4-8-12(11)18-16(19)22-13-9-5-6-10-17-14(13)20/h3-4,7-8,13H,2,5-6,9-10H2,1H3,(H,17,20). The minimum absolute atomic E-state index is 0.0374. The maximum absolute atomic E-state index is 12.6. The zero-order valence-electron chi connectivity index (χ0n) is 12.5. The van der Waals surface area contributed by atoms with Gasteiger partial charge >= 0.3 is 0 Å². The number of nitrogens with one attached hydrogen (secondary N) is 1. The predicted octanol–water partition coefficient (Wildman–Crippen LogP) is 2.18. The molecule has 116 valence electrons. The minimum Gasteiger partial charge on any atom is -0.355 e. The molecule has 1 amide bonds. The fraction of sp³-hybridized carbons (Fsp3) is 0.438. The van der Waals surface area contributed by atoms with Gasteiger partial charge in [0.2, 0.25) is 5.91 Å². The van der Waals surface area contributed by atoms with Crippen molar-refractivity contribution in [2.75, 3.05) is 6.54 Å². The van der Waals surface area contributed by atoms with Crippen LogP contribution >= 0.6 is 11.8 Å². The second-order valence-electron chi connectivity index (χ2n) is 5.35. The highest BCUT2D eigenvalue weighted by Crippen LogP contribution is 2.27. The Morgan fingerprint density at radius 2 is 2.14 bits per heavy atom. The van der Waals surface area contributed by atoms with E-state index in [2.05, 4.69) is 10.3 Å². The first-order chi connectivity index (χ1) is 10.7. The van der Waals surface area contributed by atoms with Gasteiger partial charge in [0.05, 0.1) is 16.2 Å².